The number of nitrogens with one attached hydrogen (secondary N) is 1. The van der Waals surface area contributed by atoms with Gasteiger partial charge in [-0.25, -0.2) is 4.98 Å². The zero-order chi connectivity index (χ0) is 17.4. The third kappa shape index (κ3) is 3.46. The smallest absolute Gasteiger partial charge is 0.255 e. The summed E-state index contributed by atoms with van der Waals surface area (Å²) in [4.78, 5) is 24.9. The second-order valence-electron chi connectivity index (χ2n) is 7.47. The largest absolute Gasteiger partial charge is 0.342 e. The molecule has 2 aliphatic rings. The Hall–Kier alpha value is -2.15. The zero-order valence-corrected chi connectivity index (χ0v) is 15.0. The number of hydrogen-bond acceptors (Lipinski definition) is 5. The summed E-state index contributed by atoms with van der Waals surface area (Å²) in [6.45, 7) is 6.69. The summed E-state index contributed by atoms with van der Waals surface area (Å²) >= 11 is 0. The van der Waals surface area contributed by atoms with E-state index in [-0.39, 0.29) is 5.56 Å². The molecule has 4 rings (SSSR count). The van der Waals surface area contributed by atoms with Crippen LogP contribution >= 0.6 is 0 Å². The number of anilines is 1. The maximum Gasteiger partial charge on any atom is 0.255 e. The molecule has 1 saturated heterocycles. The molecular formula is C18H26N6O. The Kier molecular flexibility index (Phi) is 4.33. The Balaban J connectivity index is 1.53. The molecule has 1 N–H and O–H groups in total. The molecule has 2 aromatic rings. The molecule has 25 heavy (non-hydrogen) atoms. The highest BCUT2D eigenvalue weighted by Crippen LogP contribution is 2.22. The average Bonchev–Trinajstić information content (AvgIpc) is 3.00. The van der Waals surface area contributed by atoms with Gasteiger partial charge in [0.05, 0.1) is 11.9 Å². The average molecular weight is 342 g/mol. The van der Waals surface area contributed by atoms with Crippen molar-refractivity contribution in [3.8, 4) is 0 Å². The first-order valence-corrected chi connectivity index (χ1v) is 9.15. The van der Waals surface area contributed by atoms with Crippen molar-refractivity contribution in [2.75, 3.05) is 24.5 Å². The normalized spacial score (nSPS) is 19.2. The molecule has 4 heterocycles. The lowest BCUT2D eigenvalue weighted by Crippen LogP contribution is -2.39. The van der Waals surface area contributed by atoms with E-state index in [2.05, 4.69) is 26.8 Å². The standard InChI is InChI=1S/C18H26N6O/c1-13-3-7-24(8-4-13)18-20-16-12-23(6-5-15(16)17(25)21-18)11-14-9-19-22(2)10-14/h9-10,13H,3-8,11-12H2,1-2H3,(H,20,21,25). The van der Waals surface area contributed by atoms with Gasteiger partial charge in [0, 0.05) is 57.1 Å². The monoisotopic (exact) mass is 342 g/mol. The highest BCUT2D eigenvalue weighted by molar-refractivity contribution is 5.35. The molecule has 0 spiro atoms. The number of piperidine rings is 1. The summed E-state index contributed by atoms with van der Waals surface area (Å²) in [5.41, 5.74) is 3.03. The number of nitrogens with zero attached hydrogens (tertiary/aromatic N) is 5. The number of rotatable bonds is 3. The molecule has 0 amide bonds. The highest BCUT2D eigenvalue weighted by atomic mass is 16.1. The van der Waals surface area contributed by atoms with Crippen molar-refractivity contribution in [1.82, 2.24) is 24.6 Å². The van der Waals surface area contributed by atoms with E-state index >= 15 is 0 Å². The summed E-state index contributed by atoms with van der Waals surface area (Å²) in [5.74, 6) is 1.51. The van der Waals surface area contributed by atoms with Crippen molar-refractivity contribution in [3.05, 3.63) is 39.6 Å². The Bertz CT molecular complexity index is 802. The van der Waals surface area contributed by atoms with Crippen LogP contribution in [-0.4, -0.2) is 44.3 Å². The van der Waals surface area contributed by atoms with Crippen LogP contribution in [-0.2, 0) is 26.6 Å². The van der Waals surface area contributed by atoms with E-state index in [1.54, 1.807) is 0 Å². The maximum atomic E-state index is 12.5. The van der Waals surface area contributed by atoms with Crippen molar-refractivity contribution in [3.63, 3.8) is 0 Å². The number of aromatic nitrogens is 4. The van der Waals surface area contributed by atoms with Gasteiger partial charge in [-0.1, -0.05) is 6.92 Å². The van der Waals surface area contributed by atoms with Crippen molar-refractivity contribution in [2.45, 2.75) is 39.3 Å². The first-order valence-electron chi connectivity index (χ1n) is 9.15. The van der Waals surface area contributed by atoms with Crippen molar-refractivity contribution >= 4 is 5.95 Å². The van der Waals surface area contributed by atoms with Crippen LogP contribution in [0.5, 0.6) is 0 Å². The second kappa shape index (κ2) is 6.63. The summed E-state index contributed by atoms with van der Waals surface area (Å²) in [7, 11) is 1.93. The Morgan fingerprint density at radius 1 is 1.28 bits per heavy atom. The molecule has 7 nitrogen and oxygen atoms in total. The molecule has 0 radical (unpaired) electrons. The molecule has 134 valence electrons. The molecule has 1 fully saturated rings. The van der Waals surface area contributed by atoms with Gasteiger partial charge in [0.25, 0.3) is 5.56 Å². The molecule has 0 bridgehead atoms. The lowest BCUT2D eigenvalue weighted by Gasteiger charge is -2.32. The SMILES string of the molecule is CC1CCN(c2nc3c(c(=O)[nH]2)CCN(Cc2cnn(C)c2)C3)CC1. The van der Waals surface area contributed by atoms with E-state index in [0.29, 0.717) is 0 Å². The zero-order valence-electron chi connectivity index (χ0n) is 15.0. The van der Waals surface area contributed by atoms with Crippen LogP contribution in [0.2, 0.25) is 0 Å². The summed E-state index contributed by atoms with van der Waals surface area (Å²) in [6, 6.07) is 0. The number of aryl methyl sites for hydroxylation is 1. The lowest BCUT2D eigenvalue weighted by atomic mass is 9.99. The first-order chi connectivity index (χ1) is 12.1. The number of fused-ring (bicyclic) bond motifs is 1. The van der Waals surface area contributed by atoms with Crippen LogP contribution in [0.15, 0.2) is 17.2 Å². The van der Waals surface area contributed by atoms with Gasteiger partial charge in [-0.2, -0.15) is 5.10 Å². The van der Waals surface area contributed by atoms with Crippen LogP contribution in [0.3, 0.4) is 0 Å². The molecule has 0 saturated carbocycles. The van der Waals surface area contributed by atoms with Crippen LogP contribution in [0.4, 0.5) is 5.95 Å². The Labute approximate surface area is 147 Å². The maximum absolute atomic E-state index is 12.5. The molecule has 0 aromatic carbocycles. The van der Waals surface area contributed by atoms with Gasteiger partial charge in [0.2, 0.25) is 5.95 Å². The predicted molar refractivity (Wildman–Crippen MR) is 96.5 cm³/mol. The third-order valence-electron chi connectivity index (χ3n) is 5.39. The topological polar surface area (TPSA) is 70.1 Å². The Morgan fingerprint density at radius 3 is 2.80 bits per heavy atom. The van der Waals surface area contributed by atoms with E-state index < -0.39 is 0 Å². The highest BCUT2D eigenvalue weighted by Gasteiger charge is 2.24. The molecule has 0 unspecified atom stereocenters. The van der Waals surface area contributed by atoms with Gasteiger partial charge in [-0.3, -0.25) is 19.4 Å². The van der Waals surface area contributed by atoms with Crippen LogP contribution in [0, 0.1) is 5.92 Å². The minimum absolute atomic E-state index is 0.0413. The quantitative estimate of drug-likeness (QED) is 0.910. The minimum atomic E-state index is 0.0413. The van der Waals surface area contributed by atoms with E-state index in [1.165, 1.54) is 5.56 Å². The minimum Gasteiger partial charge on any atom is -0.342 e. The third-order valence-corrected chi connectivity index (χ3v) is 5.39. The van der Waals surface area contributed by atoms with Crippen molar-refractivity contribution in [2.24, 2.45) is 13.0 Å². The van der Waals surface area contributed by atoms with E-state index in [1.807, 2.05) is 24.1 Å². The summed E-state index contributed by atoms with van der Waals surface area (Å²) < 4.78 is 1.83. The molecule has 0 aliphatic carbocycles. The first kappa shape index (κ1) is 16.3. The predicted octanol–water partition coefficient (Wildman–Crippen LogP) is 1.30. The van der Waals surface area contributed by atoms with Crippen molar-refractivity contribution in [1.29, 1.82) is 0 Å². The van der Waals surface area contributed by atoms with Gasteiger partial charge in [0.15, 0.2) is 0 Å². The lowest BCUT2D eigenvalue weighted by molar-refractivity contribution is 0.240. The molecule has 7 heteroatoms. The summed E-state index contributed by atoms with van der Waals surface area (Å²) in [5, 5.41) is 4.23. The van der Waals surface area contributed by atoms with Crippen LogP contribution in [0.25, 0.3) is 0 Å². The van der Waals surface area contributed by atoms with Gasteiger partial charge in [-0.05, 0) is 25.2 Å². The molecular weight excluding hydrogens is 316 g/mol. The van der Waals surface area contributed by atoms with Crippen LogP contribution in [0.1, 0.15) is 36.6 Å². The summed E-state index contributed by atoms with van der Waals surface area (Å²) in [6.07, 6.45) is 7.03. The fourth-order valence-electron chi connectivity index (χ4n) is 3.80. The molecule has 2 aliphatic heterocycles. The van der Waals surface area contributed by atoms with Gasteiger partial charge < -0.3 is 4.90 Å². The second-order valence-corrected chi connectivity index (χ2v) is 7.47. The van der Waals surface area contributed by atoms with Gasteiger partial charge in [-0.15, -0.1) is 0 Å². The molecule has 0 atom stereocenters. The number of H-pyrrole nitrogens is 1. The van der Waals surface area contributed by atoms with Gasteiger partial charge >= 0.3 is 0 Å². The van der Waals surface area contributed by atoms with Crippen molar-refractivity contribution < 1.29 is 0 Å². The van der Waals surface area contributed by atoms with E-state index in [9.17, 15) is 4.79 Å². The molecule has 2 aromatic heterocycles. The van der Waals surface area contributed by atoms with E-state index in [4.69, 9.17) is 4.98 Å². The fraction of sp³-hybridized carbons (Fsp3) is 0.611. The van der Waals surface area contributed by atoms with Crippen LogP contribution < -0.4 is 10.5 Å². The van der Waals surface area contributed by atoms with Gasteiger partial charge in [0.1, 0.15) is 0 Å². The number of aromatic amines is 1. The fourth-order valence-corrected chi connectivity index (χ4v) is 3.80. The number of hydrogen-bond donors (Lipinski definition) is 1. The van der Waals surface area contributed by atoms with E-state index in [0.717, 1.165) is 75.1 Å². The Morgan fingerprint density at radius 2 is 2.08 bits per heavy atom.